The predicted molar refractivity (Wildman–Crippen MR) is 102 cm³/mol. The van der Waals surface area contributed by atoms with E-state index in [4.69, 9.17) is 29.8 Å². The summed E-state index contributed by atoms with van der Waals surface area (Å²) in [4.78, 5) is 57.3. The number of carboxylic acid groups (broad SMARTS) is 1. The maximum atomic E-state index is 11.7. The smallest absolute Gasteiger partial charge is 0.321 e. The first kappa shape index (κ1) is 25.7. The highest BCUT2D eigenvalue weighted by Crippen LogP contribution is 2.32. The highest BCUT2D eigenvalue weighted by Gasteiger charge is 2.51. The van der Waals surface area contributed by atoms with E-state index in [1.807, 2.05) is 0 Å². The van der Waals surface area contributed by atoms with Gasteiger partial charge in [-0.05, 0) is 0 Å². The van der Waals surface area contributed by atoms with Crippen LogP contribution in [0.2, 0.25) is 0 Å². The van der Waals surface area contributed by atoms with E-state index in [9.17, 15) is 24.0 Å². The maximum Gasteiger partial charge on any atom is 0.321 e. The molecule has 0 radical (unpaired) electrons. The second-order valence-corrected chi connectivity index (χ2v) is 7.63. The van der Waals surface area contributed by atoms with Crippen molar-refractivity contribution in [2.75, 3.05) is 12.4 Å². The number of nitrogens with two attached hydrogens (primary N) is 1. The van der Waals surface area contributed by atoms with Gasteiger partial charge in [0.15, 0.2) is 12.2 Å². The quantitative estimate of drug-likeness (QED) is 0.282. The van der Waals surface area contributed by atoms with Crippen LogP contribution >= 0.6 is 11.8 Å². The van der Waals surface area contributed by atoms with Gasteiger partial charge in [0, 0.05) is 33.4 Å². The lowest BCUT2D eigenvalue weighted by Gasteiger charge is -2.45. The second kappa shape index (κ2) is 11.7. The number of carboxylic acids is 1. The number of esters is 3. The van der Waals surface area contributed by atoms with Crippen molar-refractivity contribution in [1.82, 2.24) is 5.32 Å². The molecule has 13 heteroatoms. The molecular formula is C17H26N2O10S. The van der Waals surface area contributed by atoms with Crippen LogP contribution in [0.4, 0.5) is 0 Å². The summed E-state index contributed by atoms with van der Waals surface area (Å²) in [5.41, 5.74) is 4.59. The van der Waals surface area contributed by atoms with E-state index in [0.29, 0.717) is 0 Å². The van der Waals surface area contributed by atoms with E-state index in [1.54, 1.807) is 0 Å². The first-order valence-corrected chi connectivity index (χ1v) is 9.97. The molecule has 170 valence electrons. The van der Waals surface area contributed by atoms with Gasteiger partial charge >= 0.3 is 23.9 Å². The van der Waals surface area contributed by atoms with Gasteiger partial charge in [0.25, 0.3) is 0 Å². The molecule has 6 unspecified atom stereocenters. The first-order chi connectivity index (χ1) is 13.9. The normalized spacial score (nSPS) is 26.8. The molecular weight excluding hydrogens is 424 g/mol. The Kier molecular flexibility index (Phi) is 10.0. The minimum atomic E-state index is -1.24. The van der Waals surface area contributed by atoms with Gasteiger partial charge in [-0.3, -0.25) is 24.0 Å². The molecule has 4 N–H and O–H groups in total. The Bertz CT molecular complexity index is 673. The summed E-state index contributed by atoms with van der Waals surface area (Å²) in [5.74, 6) is -3.87. The molecule has 1 amide bonds. The number of thioether (sulfide) groups is 1. The molecule has 1 fully saturated rings. The zero-order valence-corrected chi connectivity index (χ0v) is 17.8. The molecule has 0 aromatic heterocycles. The van der Waals surface area contributed by atoms with Crippen molar-refractivity contribution in [3.8, 4) is 0 Å². The summed E-state index contributed by atoms with van der Waals surface area (Å²) >= 11 is 0.959. The molecule has 12 nitrogen and oxygen atoms in total. The number of carbonyl (C=O) groups is 5. The number of rotatable bonds is 9. The lowest BCUT2D eigenvalue weighted by molar-refractivity contribution is -0.211. The zero-order valence-electron chi connectivity index (χ0n) is 17.0. The van der Waals surface area contributed by atoms with Crippen LogP contribution in [-0.4, -0.2) is 83.1 Å². The number of carbonyl (C=O) groups excluding carboxylic acids is 4. The third-order valence-corrected chi connectivity index (χ3v) is 5.11. The summed E-state index contributed by atoms with van der Waals surface area (Å²) < 4.78 is 21.4. The zero-order chi connectivity index (χ0) is 23.0. The van der Waals surface area contributed by atoms with Crippen LogP contribution in [0, 0.1) is 0 Å². The second-order valence-electron chi connectivity index (χ2n) is 6.50. The van der Waals surface area contributed by atoms with Crippen LogP contribution in [0.5, 0.6) is 0 Å². The summed E-state index contributed by atoms with van der Waals surface area (Å²) in [6.45, 7) is 4.33. The number of hydrogen-bond acceptors (Lipinski definition) is 11. The predicted octanol–water partition coefficient (Wildman–Crippen LogP) is -1.21. The fourth-order valence-corrected chi connectivity index (χ4v) is 3.89. The summed E-state index contributed by atoms with van der Waals surface area (Å²) in [6.07, 6.45) is -3.44. The lowest BCUT2D eigenvalue weighted by atomic mass is 9.97. The number of amides is 1. The van der Waals surface area contributed by atoms with Gasteiger partial charge in [0.1, 0.15) is 30.2 Å². The highest BCUT2D eigenvalue weighted by molar-refractivity contribution is 7.99. The molecule has 1 aliphatic heterocycles. The van der Waals surface area contributed by atoms with Crippen molar-refractivity contribution in [3.05, 3.63) is 0 Å². The van der Waals surface area contributed by atoms with Crippen molar-refractivity contribution in [2.24, 2.45) is 5.73 Å². The fraction of sp³-hybridized carbons (Fsp3) is 0.706. The van der Waals surface area contributed by atoms with E-state index in [0.717, 1.165) is 25.6 Å². The third kappa shape index (κ3) is 8.16. The molecule has 6 atom stereocenters. The molecule has 30 heavy (non-hydrogen) atoms. The molecule has 1 aliphatic rings. The van der Waals surface area contributed by atoms with Gasteiger partial charge in [0.05, 0.1) is 0 Å². The van der Waals surface area contributed by atoms with Crippen LogP contribution in [-0.2, 0) is 42.9 Å². The highest BCUT2D eigenvalue weighted by atomic mass is 32.2. The Labute approximate surface area is 177 Å². The topological polar surface area (TPSA) is 181 Å². The minimum Gasteiger partial charge on any atom is -0.480 e. The number of nitrogens with one attached hydrogen (secondary N) is 1. The molecule has 1 rings (SSSR count). The fourth-order valence-electron chi connectivity index (χ4n) is 2.70. The van der Waals surface area contributed by atoms with E-state index in [-0.39, 0.29) is 12.4 Å². The molecule has 0 saturated carbocycles. The van der Waals surface area contributed by atoms with Crippen molar-refractivity contribution < 1.29 is 48.0 Å². The van der Waals surface area contributed by atoms with Gasteiger partial charge in [-0.15, -0.1) is 11.8 Å². The van der Waals surface area contributed by atoms with E-state index in [2.05, 4.69) is 5.32 Å². The van der Waals surface area contributed by atoms with Crippen LogP contribution in [0.15, 0.2) is 0 Å². The van der Waals surface area contributed by atoms with Gasteiger partial charge < -0.3 is 35.1 Å². The Morgan fingerprint density at radius 2 is 1.60 bits per heavy atom. The molecule has 0 aromatic rings. The molecule has 0 bridgehead atoms. The van der Waals surface area contributed by atoms with E-state index >= 15 is 0 Å². The monoisotopic (exact) mass is 450 g/mol. The molecule has 0 spiro atoms. The van der Waals surface area contributed by atoms with Crippen molar-refractivity contribution in [1.29, 1.82) is 0 Å². The SMILES string of the molecule is CC(=O)NC1C(SCC(N)C(=O)O)OC(COC(C)=O)C(OC(C)=O)C1OC(C)=O. The average Bonchev–Trinajstić information content (AvgIpc) is 2.60. The average molecular weight is 450 g/mol. The Morgan fingerprint density at radius 1 is 1.03 bits per heavy atom. The Hall–Kier alpha value is -2.38. The van der Waals surface area contributed by atoms with Crippen LogP contribution in [0.3, 0.4) is 0 Å². The van der Waals surface area contributed by atoms with Crippen LogP contribution in [0.1, 0.15) is 27.7 Å². The Morgan fingerprint density at radius 3 is 2.07 bits per heavy atom. The van der Waals surface area contributed by atoms with Gasteiger partial charge in [-0.25, -0.2) is 0 Å². The summed E-state index contributed by atoms with van der Waals surface area (Å²) in [5, 5.41) is 11.6. The minimum absolute atomic E-state index is 0.0958. The lowest BCUT2D eigenvalue weighted by Crippen LogP contribution is -2.65. The molecule has 1 heterocycles. The van der Waals surface area contributed by atoms with Crippen molar-refractivity contribution >= 4 is 41.5 Å². The largest absolute Gasteiger partial charge is 0.480 e. The van der Waals surface area contributed by atoms with Gasteiger partial charge in [-0.2, -0.15) is 0 Å². The number of aliphatic carboxylic acids is 1. The van der Waals surface area contributed by atoms with Gasteiger partial charge in [-0.1, -0.05) is 0 Å². The Balaban J connectivity index is 3.27. The van der Waals surface area contributed by atoms with Crippen molar-refractivity contribution in [3.63, 3.8) is 0 Å². The van der Waals surface area contributed by atoms with Gasteiger partial charge in [0.2, 0.25) is 5.91 Å². The summed E-state index contributed by atoms with van der Waals surface area (Å²) in [7, 11) is 0. The van der Waals surface area contributed by atoms with Crippen LogP contribution < -0.4 is 11.1 Å². The van der Waals surface area contributed by atoms with Crippen LogP contribution in [0.25, 0.3) is 0 Å². The molecule has 1 saturated heterocycles. The summed E-state index contributed by atoms with van der Waals surface area (Å²) in [6, 6.07) is -2.22. The number of ether oxygens (including phenoxy) is 4. The maximum absolute atomic E-state index is 11.7. The molecule has 0 aromatic carbocycles. The van der Waals surface area contributed by atoms with E-state index < -0.39 is 65.6 Å². The standard InChI is InChI=1S/C17H26N2O10S/c1-7(20)19-13-15(28-10(4)23)14(27-9(3)22)12(5-26-8(2)21)29-17(13)30-6-11(18)16(24)25/h11-15,17H,5-6,18H2,1-4H3,(H,19,20)(H,24,25). The number of hydrogen-bond donors (Lipinski definition) is 3. The van der Waals surface area contributed by atoms with Crippen molar-refractivity contribution in [2.45, 2.75) is 63.5 Å². The third-order valence-electron chi connectivity index (χ3n) is 3.83. The first-order valence-electron chi connectivity index (χ1n) is 8.92. The van der Waals surface area contributed by atoms with E-state index in [1.165, 1.54) is 13.8 Å². The molecule has 0 aliphatic carbocycles.